The molecule has 0 aliphatic heterocycles. The second kappa shape index (κ2) is 4.28. The predicted octanol–water partition coefficient (Wildman–Crippen LogP) is 2.05. The molecule has 1 atom stereocenters. The fourth-order valence-corrected chi connectivity index (χ4v) is 1.98. The van der Waals surface area contributed by atoms with Crippen molar-refractivity contribution in [2.45, 2.75) is 25.4 Å². The molecule has 0 amide bonds. The van der Waals surface area contributed by atoms with Crippen LogP contribution in [-0.4, -0.2) is 11.2 Å². The summed E-state index contributed by atoms with van der Waals surface area (Å²) in [5.74, 6) is 3.10. The van der Waals surface area contributed by atoms with Crippen molar-refractivity contribution in [1.82, 2.24) is 4.98 Å². The number of aromatic amines is 1. The summed E-state index contributed by atoms with van der Waals surface area (Å²) < 4.78 is 35.8. The van der Waals surface area contributed by atoms with Crippen molar-refractivity contribution >= 4 is 0 Å². The summed E-state index contributed by atoms with van der Waals surface area (Å²) >= 11 is 0. The Balaban J connectivity index is 2.21. The monoisotopic (exact) mass is 241 g/mol. The third-order valence-electron chi connectivity index (χ3n) is 2.77. The lowest BCUT2D eigenvalue weighted by atomic mass is 9.87. The Labute approximate surface area is 95.9 Å². The van der Waals surface area contributed by atoms with Crippen molar-refractivity contribution in [1.29, 1.82) is 0 Å². The molecule has 1 N–H and O–H groups in total. The molecular formula is C12H10F3NO. The van der Waals surface area contributed by atoms with E-state index in [9.17, 15) is 18.0 Å². The molecule has 1 aromatic rings. The molecule has 90 valence electrons. The van der Waals surface area contributed by atoms with Gasteiger partial charge in [-0.1, -0.05) is 5.92 Å². The second-order valence-electron chi connectivity index (χ2n) is 4.01. The Morgan fingerprint density at radius 1 is 1.41 bits per heavy atom. The average Bonchev–Trinajstić information content (AvgIpc) is 2.26. The van der Waals surface area contributed by atoms with E-state index in [0.29, 0.717) is 24.8 Å². The Morgan fingerprint density at radius 3 is 2.88 bits per heavy atom. The molecule has 1 unspecified atom stereocenters. The lowest BCUT2D eigenvalue weighted by molar-refractivity contribution is -0.0698. The van der Waals surface area contributed by atoms with E-state index >= 15 is 0 Å². The molecule has 2 rings (SSSR count). The number of rotatable bonds is 0. The zero-order valence-corrected chi connectivity index (χ0v) is 8.90. The van der Waals surface area contributed by atoms with Gasteiger partial charge in [0.2, 0.25) is 0 Å². The highest BCUT2D eigenvalue weighted by molar-refractivity contribution is 5.26. The molecule has 5 heteroatoms. The molecule has 0 saturated carbocycles. The van der Waals surface area contributed by atoms with E-state index in [1.54, 1.807) is 6.20 Å². The Bertz CT molecular complexity index is 533. The first-order valence-corrected chi connectivity index (χ1v) is 5.24. The van der Waals surface area contributed by atoms with E-state index < -0.39 is 6.18 Å². The maximum absolute atomic E-state index is 11.9. The van der Waals surface area contributed by atoms with Crippen LogP contribution in [0.15, 0.2) is 17.1 Å². The summed E-state index contributed by atoms with van der Waals surface area (Å²) in [6, 6.07) is 1.39. The van der Waals surface area contributed by atoms with Gasteiger partial charge in [0.05, 0.1) is 0 Å². The van der Waals surface area contributed by atoms with Crippen LogP contribution in [0.2, 0.25) is 0 Å². The van der Waals surface area contributed by atoms with Gasteiger partial charge in [0.25, 0.3) is 0 Å². The van der Waals surface area contributed by atoms with Crippen LogP contribution < -0.4 is 5.43 Å². The fourth-order valence-electron chi connectivity index (χ4n) is 1.98. The summed E-state index contributed by atoms with van der Waals surface area (Å²) in [6.45, 7) is 0. The highest BCUT2D eigenvalue weighted by Crippen LogP contribution is 2.22. The van der Waals surface area contributed by atoms with Gasteiger partial charge < -0.3 is 4.98 Å². The fraction of sp³-hybridized carbons (Fsp3) is 0.417. The molecule has 0 spiro atoms. The molecular weight excluding hydrogens is 231 g/mol. The molecule has 1 heterocycles. The van der Waals surface area contributed by atoms with E-state index in [1.165, 1.54) is 12.0 Å². The second-order valence-corrected chi connectivity index (χ2v) is 4.01. The maximum atomic E-state index is 11.9. The number of fused-ring (bicyclic) bond motifs is 1. The number of alkyl halides is 3. The van der Waals surface area contributed by atoms with Crippen LogP contribution in [0.5, 0.6) is 0 Å². The minimum Gasteiger partial charge on any atom is -0.365 e. The molecule has 0 bridgehead atoms. The van der Waals surface area contributed by atoms with Gasteiger partial charge in [-0.05, 0) is 19.3 Å². The minimum absolute atomic E-state index is 0.128. The smallest absolute Gasteiger partial charge is 0.365 e. The largest absolute Gasteiger partial charge is 0.457 e. The van der Waals surface area contributed by atoms with Crippen LogP contribution in [0.4, 0.5) is 13.2 Å². The van der Waals surface area contributed by atoms with Crippen molar-refractivity contribution in [3.8, 4) is 11.8 Å². The molecule has 17 heavy (non-hydrogen) atoms. The van der Waals surface area contributed by atoms with Crippen molar-refractivity contribution < 1.29 is 13.2 Å². The Kier molecular flexibility index (Phi) is 2.97. The Morgan fingerprint density at radius 2 is 2.18 bits per heavy atom. The van der Waals surface area contributed by atoms with E-state index in [-0.39, 0.29) is 11.3 Å². The normalized spacial score (nSPS) is 19.1. The third-order valence-corrected chi connectivity index (χ3v) is 2.77. The number of hydrogen-bond donors (Lipinski definition) is 1. The summed E-state index contributed by atoms with van der Waals surface area (Å²) in [6.07, 6.45) is -1.47. The number of halogens is 3. The molecule has 0 aromatic carbocycles. The molecule has 1 aliphatic carbocycles. The summed E-state index contributed by atoms with van der Waals surface area (Å²) in [4.78, 5) is 14.5. The predicted molar refractivity (Wildman–Crippen MR) is 56.4 cm³/mol. The Hall–Kier alpha value is -1.70. The van der Waals surface area contributed by atoms with Crippen molar-refractivity contribution in [3.05, 3.63) is 33.7 Å². The van der Waals surface area contributed by atoms with Crippen LogP contribution in [0, 0.1) is 17.8 Å². The average molecular weight is 241 g/mol. The lowest BCUT2D eigenvalue weighted by Crippen LogP contribution is -2.22. The summed E-state index contributed by atoms with van der Waals surface area (Å²) in [5.41, 5.74) is 1.26. The van der Waals surface area contributed by atoms with E-state index in [4.69, 9.17) is 0 Å². The maximum Gasteiger partial charge on any atom is 0.457 e. The van der Waals surface area contributed by atoms with Crippen molar-refractivity contribution in [2.24, 2.45) is 5.92 Å². The van der Waals surface area contributed by atoms with Gasteiger partial charge in [0.1, 0.15) is 0 Å². The van der Waals surface area contributed by atoms with E-state index in [1.807, 2.05) is 0 Å². The number of hydrogen-bond acceptors (Lipinski definition) is 1. The molecule has 1 aromatic heterocycles. The van der Waals surface area contributed by atoms with Crippen molar-refractivity contribution in [2.75, 3.05) is 0 Å². The van der Waals surface area contributed by atoms with Gasteiger partial charge in [-0.2, -0.15) is 13.2 Å². The third kappa shape index (κ3) is 2.90. The standard InChI is InChI=1S/C12H10F3NO/c13-12(14,15)5-3-8-1-2-10-9(7-8)11(17)4-6-16-10/h4,6,8H,1-2,7H2,(H,16,17). The number of H-pyrrole nitrogens is 1. The zero-order chi connectivity index (χ0) is 12.5. The molecule has 2 nitrogen and oxygen atoms in total. The molecule has 0 fully saturated rings. The van der Waals surface area contributed by atoms with Crippen LogP contribution >= 0.6 is 0 Å². The van der Waals surface area contributed by atoms with Crippen LogP contribution in [0.3, 0.4) is 0 Å². The van der Waals surface area contributed by atoms with Crippen molar-refractivity contribution in [3.63, 3.8) is 0 Å². The van der Waals surface area contributed by atoms with Gasteiger partial charge in [-0.25, -0.2) is 0 Å². The summed E-state index contributed by atoms with van der Waals surface area (Å²) in [5, 5.41) is 0. The van der Waals surface area contributed by atoms with Crippen LogP contribution in [0.25, 0.3) is 0 Å². The highest BCUT2D eigenvalue weighted by Gasteiger charge is 2.25. The molecule has 0 radical (unpaired) electrons. The first kappa shape index (κ1) is 11.8. The zero-order valence-electron chi connectivity index (χ0n) is 8.90. The van der Waals surface area contributed by atoms with E-state index in [2.05, 4.69) is 10.9 Å². The van der Waals surface area contributed by atoms with Crippen LogP contribution in [-0.2, 0) is 12.8 Å². The highest BCUT2D eigenvalue weighted by atomic mass is 19.4. The first-order valence-electron chi connectivity index (χ1n) is 5.24. The first-order chi connectivity index (χ1) is 7.96. The molecule has 1 aliphatic rings. The van der Waals surface area contributed by atoms with Gasteiger partial charge in [0.15, 0.2) is 5.43 Å². The lowest BCUT2D eigenvalue weighted by Gasteiger charge is -2.19. The van der Waals surface area contributed by atoms with E-state index in [0.717, 1.165) is 5.69 Å². The summed E-state index contributed by atoms with van der Waals surface area (Å²) in [7, 11) is 0. The topological polar surface area (TPSA) is 32.9 Å². The van der Waals surface area contributed by atoms with Crippen LogP contribution in [0.1, 0.15) is 17.7 Å². The van der Waals surface area contributed by atoms with Gasteiger partial charge in [-0.3, -0.25) is 4.79 Å². The number of aromatic nitrogens is 1. The minimum atomic E-state index is -4.45. The SMILES string of the molecule is O=c1cc[nH]c2c1CC(C#CC(F)(F)F)CC2. The molecule has 0 saturated heterocycles. The number of aryl methyl sites for hydroxylation is 1. The van der Waals surface area contributed by atoms with Gasteiger partial charge in [-0.15, -0.1) is 0 Å². The quantitative estimate of drug-likeness (QED) is 0.693. The number of nitrogens with one attached hydrogen (secondary N) is 1. The van der Waals surface area contributed by atoms with Gasteiger partial charge in [0, 0.05) is 35.4 Å². The van der Waals surface area contributed by atoms with Gasteiger partial charge >= 0.3 is 6.18 Å². The number of pyridine rings is 1.